The maximum atomic E-state index is 12.1. The van der Waals surface area contributed by atoms with E-state index in [1.54, 1.807) is 0 Å². The SMILES string of the molecule is Cn1ncc(C=O)c1C(F)(F)F. The van der Waals surface area contributed by atoms with Gasteiger partial charge in [0.1, 0.15) is 0 Å². The van der Waals surface area contributed by atoms with Gasteiger partial charge in [-0.3, -0.25) is 9.48 Å². The lowest BCUT2D eigenvalue weighted by atomic mass is 10.2. The van der Waals surface area contributed by atoms with E-state index in [0.717, 1.165) is 13.2 Å². The maximum Gasteiger partial charge on any atom is 0.433 e. The standard InChI is InChI=1S/C6H5F3N2O/c1-11-5(6(7,8)9)4(3-12)2-10-11/h2-3H,1H3. The molecule has 0 saturated heterocycles. The minimum absolute atomic E-state index is 0.135. The zero-order chi connectivity index (χ0) is 9.35. The first-order valence-corrected chi connectivity index (χ1v) is 3.01. The van der Waals surface area contributed by atoms with Gasteiger partial charge in [0.2, 0.25) is 0 Å². The number of carbonyl (C=O) groups is 1. The number of alkyl halides is 3. The number of rotatable bonds is 1. The zero-order valence-electron chi connectivity index (χ0n) is 6.09. The molecule has 1 heterocycles. The van der Waals surface area contributed by atoms with Gasteiger partial charge in [-0.05, 0) is 0 Å². The van der Waals surface area contributed by atoms with Crippen molar-refractivity contribution in [2.45, 2.75) is 6.18 Å². The third-order valence-electron chi connectivity index (χ3n) is 1.36. The summed E-state index contributed by atoms with van der Waals surface area (Å²) in [5, 5.41) is 3.32. The monoisotopic (exact) mass is 178 g/mol. The Hall–Kier alpha value is -1.33. The van der Waals surface area contributed by atoms with E-state index in [0.29, 0.717) is 4.68 Å². The Kier molecular flexibility index (Phi) is 1.91. The van der Waals surface area contributed by atoms with Gasteiger partial charge in [0, 0.05) is 7.05 Å². The van der Waals surface area contributed by atoms with Gasteiger partial charge in [0.15, 0.2) is 12.0 Å². The molecule has 1 rings (SSSR count). The van der Waals surface area contributed by atoms with Crippen LogP contribution in [-0.2, 0) is 13.2 Å². The molecule has 0 spiro atoms. The Morgan fingerprint density at radius 3 is 2.50 bits per heavy atom. The van der Waals surface area contributed by atoms with Gasteiger partial charge in [-0.25, -0.2) is 0 Å². The molecule has 0 unspecified atom stereocenters. The van der Waals surface area contributed by atoms with Crippen LogP contribution in [0, 0.1) is 0 Å². The molecular formula is C6H5F3N2O. The molecule has 0 atom stereocenters. The topological polar surface area (TPSA) is 34.9 Å². The van der Waals surface area contributed by atoms with Crippen LogP contribution < -0.4 is 0 Å². The fourth-order valence-electron chi connectivity index (χ4n) is 0.888. The van der Waals surface area contributed by atoms with Crippen molar-refractivity contribution in [1.29, 1.82) is 0 Å². The summed E-state index contributed by atoms with van der Waals surface area (Å²) in [6.07, 6.45) is -3.51. The van der Waals surface area contributed by atoms with E-state index in [9.17, 15) is 18.0 Å². The Balaban J connectivity index is 3.28. The van der Waals surface area contributed by atoms with Crippen LogP contribution in [-0.4, -0.2) is 16.1 Å². The maximum absolute atomic E-state index is 12.1. The summed E-state index contributed by atoms with van der Waals surface area (Å²) in [6, 6.07) is 0. The minimum Gasteiger partial charge on any atom is -0.298 e. The molecule has 3 nitrogen and oxygen atoms in total. The largest absolute Gasteiger partial charge is 0.433 e. The molecule has 0 amide bonds. The lowest BCUT2D eigenvalue weighted by Crippen LogP contribution is -2.13. The van der Waals surface area contributed by atoms with E-state index >= 15 is 0 Å². The Labute approximate surface area is 65.8 Å². The first kappa shape index (κ1) is 8.76. The summed E-state index contributed by atoms with van der Waals surface area (Å²) >= 11 is 0. The van der Waals surface area contributed by atoms with Crippen molar-refractivity contribution >= 4 is 6.29 Å². The van der Waals surface area contributed by atoms with E-state index in [2.05, 4.69) is 5.10 Å². The first-order valence-electron chi connectivity index (χ1n) is 3.01. The van der Waals surface area contributed by atoms with E-state index in [-0.39, 0.29) is 6.29 Å². The normalized spacial score (nSPS) is 11.7. The highest BCUT2D eigenvalue weighted by molar-refractivity contribution is 5.76. The molecule has 1 aromatic heterocycles. The molecule has 1 aromatic rings. The van der Waals surface area contributed by atoms with Crippen molar-refractivity contribution in [2.75, 3.05) is 0 Å². The quantitative estimate of drug-likeness (QED) is 0.606. The smallest absolute Gasteiger partial charge is 0.298 e. The predicted molar refractivity (Wildman–Crippen MR) is 33.6 cm³/mol. The van der Waals surface area contributed by atoms with Crippen molar-refractivity contribution < 1.29 is 18.0 Å². The van der Waals surface area contributed by atoms with Crippen LogP contribution in [0.4, 0.5) is 13.2 Å². The molecular weight excluding hydrogens is 173 g/mol. The third kappa shape index (κ3) is 1.32. The minimum atomic E-state index is -4.53. The number of aldehydes is 1. The highest BCUT2D eigenvalue weighted by Gasteiger charge is 2.37. The average molecular weight is 178 g/mol. The second-order valence-electron chi connectivity index (χ2n) is 2.19. The van der Waals surface area contributed by atoms with Crippen LogP contribution in [0.2, 0.25) is 0 Å². The summed E-state index contributed by atoms with van der Waals surface area (Å²) < 4.78 is 37.0. The van der Waals surface area contributed by atoms with Crippen molar-refractivity contribution in [2.24, 2.45) is 7.05 Å². The molecule has 6 heteroatoms. The highest BCUT2D eigenvalue weighted by Crippen LogP contribution is 2.30. The fraction of sp³-hybridized carbons (Fsp3) is 0.333. The average Bonchev–Trinajstić information content (AvgIpc) is 2.29. The predicted octanol–water partition coefficient (Wildman–Crippen LogP) is 1.25. The molecule has 0 aliphatic heterocycles. The van der Waals surface area contributed by atoms with Crippen LogP contribution in [0.5, 0.6) is 0 Å². The highest BCUT2D eigenvalue weighted by atomic mass is 19.4. The Morgan fingerprint density at radius 2 is 2.17 bits per heavy atom. The van der Waals surface area contributed by atoms with E-state index in [1.165, 1.54) is 0 Å². The van der Waals surface area contributed by atoms with Gasteiger partial charge in [-0.1, -0.05) is 0 Å². The lowest BCUT2D eigenvalue weighted by Gasteiger charge is -2.06. The molecule has 0 aliphatic carbocycles. The van der Waals surface area contributed by atoms with Gasteiger partial charge in [0.05, 0.1) is 11.8 Å². The summed E-state index contributed by atoms with van der Waals surface area (Å²) in [4.78, 5) is 10.1. The first-order chi connectivity index (χ1) is 5.46. The van der Waals surface area contributed by atoms with Gasteiger partial charge < -0.3 is 0 Å². The van der Waals surface area contributed by atoms with Crippen LogP contribution in [0.25, 0.3) is 0 Å². The Morgan fingerprint density at radius 1 is 1.58 bits per heavy atom. The lowest BCUT2D eigenvalue weighted by molar-refractivity contribution is -0.143. The van der Waals surface area contributed by atoms with Gasteiger partial charge in [0.25, 0.3) is 0 Å². The molecule has 0 saturated carbocycles. The van der Waals surface area contributed by atoms with E-state index in [4.69, 9.17) is 0 Å². The van der Waals surface area contributed by atoms with E-state index < -0.39 is 17.4 Å². The molecule has 0 aromatic carbocycles. The third-order valence-corrected chi connectivity index (χ3v) is 1.36. The van der Waals surface area contributed by atoms with Crippen molar-refractivity contribution in [3.8, 4) is 0 Å². The van der Waals surface area contributed by atoms with Gasteiger partial charge in [-0.15, -0.1) is 0 Å². The summed E-state index contributed by atoms with van der Waals surface area (Å²) in [5.41, 5.74) is -1.46. The summed E-state index contributed by atoms with van der Waals surface area (Å²) in [6.45, 7) is 0. The van der Waals surface area contributed by atoms with Crippen molar-refractivity contribution in [1.82, 2.24) is 9.78 Å². The second kappa shape index (κ2) is 2.62. The van der Waals surface area contributed by atoms with Crippen LogP contribution >= 0.6 is 0 Å². The van der Waals surface area contributed by atoms with Gasteiger partial charge >= 0.3 is 6.18 Å². The Bertz CT molecular complexity index is 302. The van der Waals surface area contributed by atoms with Crippen molar-refractivity contribution in [3.05, 3.63) is 17.5 Å². The molecule has 0 fully saturated rings. The molecule has 0 radical (unpaired) electrons. The number of hydrogen-bond donors (Lipinski definition) is 0. The van der Waals surface area contributed by atoms with Crippen molar-refractivity contribution in [3.63, 3.8) is 0 Å². The fourth-order valence-corrected chi connectivity index (χ4v) is 0.888. The summed E-state index contributed by atoms with van der Waals surface area (Å²) in [7, 11) is 1.13. The number of hydrogen-bond acceptors (Lipinski definition) is 2. The van der Waals surface area contributed by atoms with Crippen LogP contribution in [0.1, 0.15) is 16.1 Å². The molecule has 0 bridgehead atoms. The van der Waals surface area contributed by atoms with E-state index in [1.807, 2.05) is 0 Å². The molecule has 0 aliphatic rings. The summed E-state index contributed by atoms with van der Waals surface area (Å²) in [5.74, 6) is 0. The molecule has 0 N–H and O–H groups in total. The number of nitrogens with zero attached hydrogens (tertiary/aromatic N) is 2. The van der Waals surface area contributed by atoms with Gasteiger partial charge in [-0.2, -0.15) is 18.3 Å². The zero-order valence-corrected chi connectivity index (χ0v) is 6.09. The number of aromatic nitrogens is 2. The number of halogens is 3. The number of carbonyl (C=O) groups excluding carboxylic acids is 1. The molecule has 12 heavy (non-hydrogen) atoms. The van der Waals surface area contributed by atoms with Crippen LogP contribution in [0.15, 0.2) is 6.20 Å². The molecule has 66 valence electrons. The number of aryl methyl sites for hydroxylation is 1. The second-order valence-corrected chi connectivity index (χ2v) is 2.19. The van der Waals surface area contributed by atoms with Crippen LogP contribution in [0.3, 0.4) is 0 Å².